The maximum atomic E-state index is 13.6. The number of hydrogen-bond donors (Lipinski definition) is 1. The second-order valence-corrected chi connectivity index (χ2v) is 4.78. The lowest BCUT2D eigenvalue weighted by Gasteiger charge is -2.32. The number of halogens is 2. The van der Waals surface area contributed by atoms with Gasteiger partial charge in [-0.15, -0.1) is 0 Å². The number of nitrogens with one attached hydrogen (secondary N) is 1. The first-order chi connectivity index (χ1) is 9.47. The maximum absolute atomic E-state index is 13.6. The lowest BCUT2D eigenvalue weighted by molar-refractivity contribution is -0.387. The van der Waals surface area contributed by atoms with Crippen LogP contribution in [0, 0.1) is 21.7 Å². The van der Waals surface area contributed by atoms with Crippen molar-refractivity contribution in [3.05, 3.63) is 39.4 Å². The molecule has 1 aromatic carbocycles. The van der Waals surface area contributed by atoms with E-state index in [9.17, 15) is 18.9 Å². The molecule has 1 N–H and O–H groups in total. The normalized spacial score (nSPS) is 17.4. The molecule has 2 rings (SSSR count). The van der Waals surface area contributed by atoms with E-state index in [1.165, 1.54) is 0 Å². The zero-order valence-corrected chi connectivity index (χ0v) is 11.1. The quantitative estimate of drug-likeness (QED) is 0.664. The molecule has 6 nitrogen and oxygen atoms in total. The van der Waals surface area contributed by atoms with Crippen molar-refractivity contribution in [3.63, 3.8) is 0 Å². The molecule has 1 aromatic rings. The van der Waals surface area contributed by atoms with Crippen LogP contribution in [0.15, 0.2) is 12.1 Å². The van der Waals surface area contributed by atoms with E-state index >= 15 is 0 Å². The summed E-state index contributed by atoms with van der Waals surface area (Å²) in [7, 11) is 2.01. The lowest BCUT2D eigenvalue weighted by atomic mass is 10.2. The summed E-state index contributed by atoms with van der Waals surface area (Å²) in [5.74, 6) is -1.94. The largest absolute Gasteiger partial charge is 0.305 e. The number of nitro groups is 1. The van der Waals surface area contributed by atoms with Crippen LogP contribution < -0.4 is 5.43 Å². The summed E-state index contributed by atoms with van der Waals surface area (Å²) in [4.78, 5) is 11.9. The molecule has 0 spiro atoms. The van der Waals surface area contributed by atoms with Crippen molar-refractivity contribution in [2.45, 2.75) is 6.54 Å². The Morgan fingerprint density at radius 1 is 1.25 bits per heavy atom. The van der Waals surface area contributed by atoms with Gasteiger partial charge in [0.25, 0.3) is 0 Å². The molecule has 8 heteroatoms. The summed E-state index contributed by atoms with van der Waals surface area (Å²) < 4.78 is 26.8. The number of hydrazine groups is 1. The number of nitrogens with zero attached hydrogens (tertiary/aromatic N) is 3. The van der Waals surface area contributed by atoms with E-state index in [1.807, 2.05) is 12.1 Å². The molecule has 0 amide bonds. The molecule has 1 aliphatic heterocycles. The number of hydrogen-bond acceptors (Lipinski definition) is 5. The molecule has 110 valence electrons. The van der Waals surface area contributed by atoms with Crippen molar-refractivity contribution < 1.29 is 13.7 Å². The minimum absolute atomic E-state index is 0.0806. The van der Waals surface area contributed by atoms with Crippen LogP contribution in [0.4, 0.5) is 14.5 Å². The molecule has 0 saturated carbocycles. The maximum Gasteiger partial charge on any atom is 0.305 e. The van der Waals surface area contributed by atoms with E-state index in [4.69, 9.17) is 0 Å². The Morgan fingerprint density at radius 3 is 2.50 bits per heavy atom. The Balaban J connectivity index is 2.02. The van der Waals surface area contributed by atoms with Gasteiger partial charge in [-0.2, -0.15) is 4.39 Å². The lowest BCUT2D eigenvalue weighted by Crippen LogP contribution is -2.50. The molecule has 20 heavy (non-hydrogen) atoms. The first kappa shape index (κ1) is 14.8. The summed E-state index contributed by atoms with van der Waals surface area (Å²) in [5, 5.41) is 12.6. The van der Waals surface area contributed by atoms with Gasteiger partial charge in [-0.3, -0.25) is 15.5 Å². The van der Waals surface area contributed by atoms with E-state index in [0.29, 0.717) is 6.07 Å². The van der Waals surface area contributed by atoms with Crippen LogP contribution in [-0.4, -0.2) is 48.1 Å². The smallest absolute Gasteiger partial charge is 0.304 e. The van der Waals surface area contributed by atoms with Gasteiger partial charge in [0.05, 0.1) is 4.92 Å². The van der Waals surface area contributed by atoms with Crippen molar-refractivity contribution in [1.29, 1.82) is 0 Å². The first-order valence-corrected chi connectivity index (χ1v) is 6.26. The van der Waals surface area contributed by atoms with Gasteiger partial charge in [-0.25, -0.2) is 9.40 Å². The fraction of sp³-hybridized carbons (Fsp3) is 0.500. The number of benzene rings is 1. The monoisotopic (exact) mass is 286 g/mol. The number of rotatable bonds is 4. The molecule has 0 aliphatic carbocycles. The molecule has 0 unspecified atom stereocenters. The van der Waals surface area contributed by atoms with Gasteiger partial charge in [-0.1, -0.05) is 0 Å². The average Bonchev–Trinajstić information content (AvgIpc) is 2.39. The Morgan fingerprint density at radius 2 is 1.90 bits per heavy atom. The van der Waals surface area contributed by atoms with Gasteiger partial charge in [0.2, 0.25) is 5.82 Å². The van der Waals surface area contributed by atoms with Crippen molar-refractivity contribution in [3.8, 4) is 0 Å². The third-order valence-corrected chi connectivity index (χ3v) is 3.31. The van der Waals surface area contributed by atoms with Crippen LogP contribution >= 0.6 is 0 Å². The summed E-state index contributed by atoms with van der Waals surface area (Å²) in [5.41, 5.74) is 2.38. The van der Waals surface area contributed by atoms with Gasteiger partial charge in [0.15, 0.2) is 0 Å². The Kier molecular flexibility index (Phi) is 4.58. The molecule has 1 saturated heterocycles. The number of nitro benzene ring substituents is 1. The third kappa shape index (κ3) is 3.47. The molecule has 1 heterocycles. The van der Waals surface area contributed by atoms with Crippen molar-refractivity contribution in [1.82, 2.24) is 15.3 Å². The highest BCUT2D eigenvalue weighted by Gasteiger charge is 2.19. The zero-order valence-electron chi connectivity index (χ0n) is 11.1. The van der Waals surface area contributed by atoms with E-state index in [-0.39, 0.29) is 12.1 Å². The van der Waals surface area contributed by atoms with E-state index in [1.54, 1.807) is 0 Å². The molecule has 0 radical (unpaired) electrons. The van der Waals surface area contributed by atoms with E-state index < -0.39 is 22.2 Å². The topological polar surface area (TPSA) is 61.6 Å². The highest BCUT2D eigenvalue weighted by Crippen LogP contribution is 2.21. The predicted molar refractivity (Wildman–Crippen MR) is 68.9 cm³/mol. The number of piperazine rings is 1. The summed E-state index contributed by atoms with van der Waals surface area (Å²) in [6.45, 7) is 3.43. The van der Waals surface area contributed by atoms with Crippen molar-refractivity contribution in [2.75, 3.05) is 33.2 Å². The average molecular weight is 286 g/mol. The van der Waals surface area contributed by atoms with Crippen molar-refractivity contribution >= 4 is 5.69 Å². The minimum Gasteiger partial charge on any atom is -0.304 e. The zero-order chi connectivity index (χ0) is 14.7. The molecule has 1 fully saturated rings. The van der Waals surface area contributed by atoms with Crippen LogP contribution in [0.25, 0.3) is 0 Å². The van der Waals surface area contributed by atoms with Crippen LogP contribution in [0.5, 0.6) is 0 Å². The first-order valence-electron chi connectivity index (χ1n) is 6.26. The van der Waals surface area contributed by atoms with E-state index in [2.05, 4.69) is 10.3 Å². The standard InChI is InChI=1S/C12H16F2N4O2/c1-16-2-4-17(5-3-16)15-8-9-6-12(18(19)20)11(14)7-10(9)13/h6-7,15H,2-5,8H2,1H3. The van der Waals surface area contributed by atoms with Gasteiger partial charge < -0.3 is 4.90 Å². The van der Waals surface area contributed by atoms with Gasteiger partial charge in [0.1, 0.15) is 5.82 Å². The second kappa shape index (κ2) is 6.21. The molecular weight excluding hydrogens is 270 g/mol. The van der Waals surface area contributed by atoms with Crippen LogP contribution in [0.1, 0.15) is 5.56 Å². The predicted octanol–water partition coefficient (Wildman–Crippen LogP) is 1.12. The van der Waals surface area contributed by atoms with Crippen LogP contribution in [0.3, 0.4) is 0 Å². The summed E-state index contributed by atoms with van der Waals surface area (Å²) in [6, 6.07) is 1.49. The molecule has 0 aromatic heterocycles. The molecule has 1 aliphatic rings. The van der Waals surface area contributed by atoms with Crippen LogP contribution in [0.2, 0.25) is 0 Å². The summed E-state index contributed by atoms with van der Waals surface area (Å²) >= 11 is 0. The van der Waals surface area contributed by atoms with Crippen molar-refractivity contribution in [2.24, 2.45) is 0 Å². The Bertz CT molecular complexity index is 504. The third-order valence-electron chi connectivity index (χ3n) is 3.31. The highest BCUT2D eigenvalue weighted by atomic mass is 19.1. The fourth-order valence-electron chi connectivity index (χ4n) is 2.02. The highest BCUT2D eigenvalue weighted by molar-refractivity contribution is 5.37. The SMILES string of the molecule is CN1CCN(NCc2cc([N+](=O)[O-])c(F)cc2F)CC1. The van der Waals surface area contributed by atoms with Gasteiger partial charge >= 0.3 is 5.69 Å². The summed E-state index contributed by atoms with van der Waals surface area (Å²) in [6.07, 6.45) is 0. The van der Waals surface area contributed by atoms with Gasteiger partial charge in [-0.05, 0) is 7.05 Å². The molecular formula is C12H16F2N4O2. The van der Waals surface area contributed by atoms with Gasteiger partial charge in [0, 0.05) is 50.4 Å². The molecule has 0 atom stereocenters. The fourth-order valence-corrected chi connectivity index (χ4v) is 2.02. The van der Waals surface area contributed by atoms with Crippen LogP contribution in [-0.2, 0) is 6.54 Å². The molecule has 0 bridgehead atoms. The van der Waals surface area contributed by atoms with E-state index in [0.717, 1.165) is 32.2 Å². The Labute approximate surface area is 115 Å². The minimum atomic E-state index is -1.16. The number of likely N-dealkylation sites (N-methyl/N-ethyl adjacent to an activating group) is 1. The Hall–Kier alpha value is -1.64. The second-order valence-electron chi connectivity index (χ2n) is 4.78.